The molecule has 1 aliphatic rings. The minimum absolute atomic E-state index is 0.540. The molecule has 1 N–H and O–H groups in total. The van der Waals surface area contributed by atoms with Crippen LogP contribution in [0, 0.1) is 12.3 Å². The van der Waals surface area contributed by atoms with Crippen molar-refractivity contribution in [3.8, 4) is 0 Å². The van der Waals surface area contributed by atoms with E-state index in [2.05, 4.69) is 55.3 Å². The van der Waals surface area contributed by atoms with Gasteiger partial charge in [-0.2, -0.15) is 0 Å². The molecule has 0 unspecified atom stereocenters. The fraction of sp³-hybridized carbons (Fsp3) is 0.647. The van der Waals surface area contributed by atoms with Crippen molar-refractivity contribution in [3.63, 3.8) is 0 Å². The van der Waals surface area contributed by atoms with Gasteiger partial charge in [-0.25, -0.2) is 0 Å². The summed E-state index contributed by atoms with van der Waals surface area (Å²) in [4.78, 5) is 2.61. The average Bonchev–Trinajstić information content (AvgIpc) is 2.51. The lowest BCUT2D eigenvalue weighted by molar-refractivity contribution is 0.269. The Morgan fingerprint density at radius 3 is 2.84 bits per heavy atom. The summed E-state index contributed by atoms with van der Waals surface area (Å²) in [5.41, 5.74) is 3.11. The van der Waals surface area contributed by atoms with Gasteiger partial charge in [0, 0.05) is 18.8 Å². The lowest BCUT2D eigenvalue weighted by Crippen LogP contribution is -2.30. The predicted octanol–water partition coefficient (Wildman–Crippen LogP) is 3.92. The summed E-state index contributed by atoms with van der Waals surface area (Å²) >= 11 is 0. The molecular weight excluding hydrogens is 232 g/mol. The van der Waals surface area contributed by atoms with E-state index in [0.717, 1.165) is 13.1 Å². The van der Waals surface area contributed by atoms with E-state index in [0.29, 0.717) is 5.41 Å². The van der Waals surface area contributed by atoms with Crippen LogP contribution in [-0.2, 0) is 0 Å². The maximum atomic E-state index is 3.53. The summed E-state index contributed by atoms with van der Waals surface area (Å²) in [6, 6.07) is 8.62. The number of nitrogens with zero attached hydrogens (tertiary/aromatic N) is 1. The van der Waals surface area contributed by atoms with Crippen molar-refractivity contribution in [2.45, 2.75) is 40.0 Å². The summed E-state index contributed by atoms with van der Waals surface area (Å²) in [5, 5.41) is 3.53. The Labute approximate surface area is 118 Å². The Morgan fingerprint density at radius 2 is 2.05 bits per heavy atom. The van der Waals surface area contributed by atoms with Crippen molar-refractivity contribution < 1.29 is 0 Å². The lowest BCUT2D eigenvalue weighted by Gasteiger charge is -2.23. The molecule has 1 heterocycles. The molecule has 1 aromatic rings. The zero-order valence-corrected chi connectivity index (χ0v) is 12.7. The van der Waals surface area contributed by atoms with E-state index in [1.807, 2.05) is 0 Å². The number of aryl methyl sites for hydroxylation is 1. The van der Waals surface area contributed by atoms with Crippen molar-refractivity contribution in [2.24, 2.45) is 5.41 Å². The van der Waals surface area contributed by atoms with Crippen LogP contribution in [0.5, 0.6) is 0 Å². The van der Waals surface area contributed by atoms with Gasteiger partial charge in [0.2, 0.25) is 0 Å². The number of benzene rings is 1. The molecule has 2 nitrogen and oxygen atoms in total. The first-order chi connectivity index (χ1) is 9.05. The monoisotopic (exact) mass is 260 g/mol. The van der Waals surface area contributed by atoms with Gasteiger partial charge in [0.1, 0.15) is 0 Å². The second-order valence-electron chi connectivity index (χ2n) is 6.66. The Hall–Kier alpha value is -1.02. The summed E-state index contributed by atoms with van der Waals surface area (Å²) in [5.74, 6) is 0. The molecule has 2 heteroatoms. The van der Waals surface area contributed by atoms with Gasteiger partial charge in [-0.05, 0) is 62.4 Å². The van der Waals surface area contributed by atoms with Crippen LogP contribution < -0.4 is 5.32 Å². The largest absolute Gasteiger partial charge is 0.384 e. The fourth-order valence-electron chi connectivity index (χ4n) is 2.82. The first-order valence-corrected chi connectivity index (χ1v) is 7.58. The number of hydrogen-bond acceptors (Lipinski definition) is 2. The van der Waals surface area contributed by atoms with Crippen molar-refractivity contribution in [1.29, 1.82) is 0 Å². The molecule has 1 aromatic carbocycles. The molecule has 0 aromatic heterocycles. The molecule has 0 spiro atoms. The van der Waals surface area contributed by atoms with Crippen molar-refractivity contribution in [2.75, 3.05) is 31.5 Å². The van der Waals surface area contributed by atoms with Crippen LogP contribution in [0.4, 0.5) is 5.69 Å². The molecule has 106 valence electrons. The van der Waals surface area contributed by atoms with Gasteiger partial charge < -0.3 is 10.2 Å². The van der Waals surface area contributed by atoms with Crippen molar-refractivity contribution >= 4 is 5.69 Å². The highest BCUT2D eigenvalue weighted by Gasteiger charge is 2.22. The molecule has 1 saturated heterocycles. The molecule has 1 aliphatic heterocycles. The summed E-state index contributed by atoms with van der Waals surface area (Å²) in [6.07, 6.45) is 4.05. The number of rotatable bonds is 4. The van der Waals surface area contributed by atoms with E-state index in [9.17, 15) is 0 Å². The quantitative estimate of drug-likeness (QED) is 0.882. The van der Waals surface area contributed by atoms with E-state index in [1.165, 1.54) is 43.6 Å². The van der Waals surface area contributed by atoms with Gasteiger partial charge in [0.15, 0.2) is 0 Å². The number of likely N-dealkylation sites (tertiary alicyclic amines) is 1. The Kier molecular flexibility index (Phi) is 4.87. The second-order valence-corrected chi connectivity index (χ2v) is 6.66. The molecular formula is C17H28N2. The van der Waals surface area contributed by atoms with Crippen LogP contribution >= 0.6 is 0 Å². The highest BCUT2D eigenvalue weighted by molar-refractivity contribution is 5.45. The molecule has 1 fully saturated rings. The Morgan fingerprint density at radius 1 is 1.21 bits per heavy atom. The van der Waals surface area contributed by atoms with Crippen molar-refractivity contribution in [1.82, 2.24) is 4.90 Å². The van der Waals surface area contributed by atoms with Crippen LogP contribution in [0.15, 0.2) is 24.3 Å². The molecule has 2 rings (SSSR count). The minimum atomic E-state index is 0.540. The van der Waals surface area contributed by atoms with Gasteiger partial charge in [-0.15, -0.1) is 0 Å². The predicted molar refractivity (Wildman–Crippen MR) is 83.7 cm³/mol. The lowest BCUT2D eigenvalue weighted by atomic mass is 9.85. The normalized spacial score (nSPS) is 19.9. The van der Waals surface area contributed by atoms with Crippen LogP contribution in [0.1, 0.15) is 38.7 Å². The van der Waals surface area contributed by atoms with E-state index in [-0.39, 0.29) is 0 Å². The fourth-order valence-corrected chi connectivity index (χ4v) is 2.82. The number of nitrogens with one attached hydrogen (secondary N) is 1. The first-order valence-electron chi connectivity index (χ1n) is 7.58. The third-order valence-corrected chi connectivity index (χ3v) is 4.21. The summed E-state index contributed by atoms with van der Waals surface area (Å²) in [6.45, 7) is 11.7. The Balaban J connectivity index is 1.74. The van der Waals surface area contributed by atoms with Gasteiger partial charge in [-0.3, -0.25) is 0 Å². The van der Waals surface area contributed by atoms with Crippen molar-refractivity contribution in [3.05, 3.63) is 29.8 Å². The molecule has 0 amide bonds. The Bertz CT molecular complexity index is 398. The highest BCUT2D eigenvalue weighted by Crippen LogP contribution is 2.29. The third kappa shape index (κ3) is 4.87. The maximum absolute atomic E-state index is 3.53. The standard InChI is InChI=1S/C17H28N2/c1-15-6-4-7-16(14-15)18-10-13-19-11-5-8-17(2,3)9-12-19/h4,6-7,14,18H,5,8-13H2,1-3H3. The molecule has 0 saturated carbocycles. The van der Waals surface area contributed by atoms with Crippen LogP contribution in [0.25, 0.3) is 0 Å². The third-order valence-electron chi connectivity index (χ3n) is 4.21. The van der Waals surface area contributed by atoms with E-state index in [4.69, 9.17) is 0 Å². The topological polar surface area (TPSA) is 15.3 Å². The molecule has 19 heavy (non-hydrogen) atoms. The highest BCUT2D eigenvalue weighted by atomic mass is 15.1. The van der Waals surface area contributed by atoms with Gasteiger partial charge in [0.25, 0.3) is 0 Å². The van der Waals surface area contributed by atoms with Gasteiger partial charge >= 0.3 is 0 Å². The van der Waals surface area contributed by atoms with Gasteiger partial charge in [0.05, 0.1) is 0 Å². The van der Waals surface area contributed by atoms with Crippen LogP contribution in [0.3, 0.4) is 0 Å². The molecule has 0 radical (unpaired) electrons. The van der Waals surface area contributed by atoms with E-state index >= 15 is 0 Å². The van der Waals surface area contributed by atoms with E-state index in [1.54, 1.807) is 0 Å². The summed E-state index contributed by atoms with van der Waals surface area (Å²) < 4.78 is 0. The van der Waals surface area contributed by atoms with E-state index < -0.39 is 0 Å². The maximum Gasteiger partial charge on any atom is 0.0343 e. The summed E-state index contributed by atoms with van der Waals surface area (Å²) in [7, 11) is 0. The molecule has 0 atom stereocenters. The minimum Gasteiger partial charge on any atom is -0.384 e. The molecule has 0 bridgehead atoms. The zero-order valence-electron chi connectivity index (χ0n) is 12.7. The molecule has 0 aliphatic carbocycles. The average molecular weight is 260 g/mol. The zero-order chi connectivity index (χ0) is 13.7. The van der Waals surface area contributed by atoms with Crippen LogP contribution in [-0.4, -0.2) is 31.1 Å². The number of hydrogen-bond donors (Lipinski definition) is 1. The SMILES string of the molecule is Cc1cccc(NCCN2CCCC(C)(C)CC2)c1. The number of anilines is 1. The smallest absolute Gasteiger partial charge is 0.0343 e. The second kappa shape index (κ2) is 6.42. The first kappa shape index (κ1) is 14.4. The van der Waals surface area contributed by atoms with Gasteiger partial charge in [-0.1, -0.05) is 26.0 Å². The van der Waals surface area contributed by atoms with Crippen LogP contribution in [0.2, 0.25) is 0 Å².